The third-order valence-corrected chi connectivity index (χ3v) is 8.90. The standard InChI is InChI=1S/C27H27ClF2N2O3S/c1-32(17-18-5-3-2-4-6-18)27(33)19-7-14-25(31-16-19)26(23-15-21(29)10-13-24(23)30)36(34,35)22-11-8-20(28)9-12-22/h7-16,18,26H,2-6,17H2,1H3. The van der Waals surface area contributed by atoms with Gasteiger partial charge in [0.2, 0.25) is 0 Å². The highest BCUT2D eigenvalue weighted by Crippen LogP contribution is 2.36. The summed E-state index contributed by atoms with van der Waals surface area (Å²) >= 11 is 5.90. The number of amides is 1. The van der Waals surface area contributed by atoms with E-state index in [9.17, 15) is 22.0 Å². The second-order valence-electron chi connectivity index (χ2n) is 9.21. The van der Waals surface area contributed by atoms with E-state index in [0.29, 0.717) is 23.0 Å². The molecule has 1 saturated carbocycles. The molecule has 0 N–H and O–H groups in total. The molecule has 0 spiro atoms. The lowest BCUT2D eigenvalue weighted by Crippen LogP contribution is -2.32. The van der Waals surface area contributed by atoms with Crippen molar-refractivity contribution in [3.8, 4) is 0 Å². The van der Waals surface area contributed by atoms with Gasteiger partial charge in [-0.15, -0.1) is 0 Å². The Balaban J connectivity index is 1.68. The molecule has 1 amide bonds. The quantitative estimate of drug-likeness (QED) is 0.362. The summed E-state index contributed by atoms with van der Waals surface area (Å²) in [6.45, 7) is 0.642. The Morgan fingerprint density at radius 1 is 1.06 bits per heavy atom. The van der Waals surface area contributed by atoms with Crippen molar-refractivity contribution in [1.82, 2.24) is 9.88 Å². The normalized spacial score (nSPS) is 15.4. The van der Waals surface area contributed by atoms with E-state index in [0.717, 1.165) is 31.0 Å². The molecule has 0 bridgehead atoms. The van der Waals surface area contributed by atoms with Gasteiger partial charge in [-0.1, -0.05) is 30.9 Å². The molecule has 5 nitrogen and oxygen atoms in total. The van der Waals surface area contributed by atoms with Gasteiger partial charge in [0.05, 0.1) is 16.2 Å². The second-order valence-corrected chi connectivity index (χ2v) is 11.7. The minimum absolute atomic E-state index is 0.0269. The van der Waals surface area contributed by atoms with Crippen LogP contribution in [-0.2, 0) is 9.84 Å². The first-order valence-electron chi connectivity index (χ1n) is 11.8. The average Bonchev–Trinajstić information content (AvgIpc) is 2.87. The maximum absolute atomic E-state index is 14.8. The Hall–Kier alpha value is -2.84. The number of sulfone groups is 1. The zero-order valence-corrected chi connectivity index (χ0v) is 21.4. The fraction of sp³-hybridized carbons (Fsp3) is 0.333. The molecule has 1 aliphatic rings. The van der Waals surface area contributed by atoms with Gasteiger partial charge in [0, 0.05) is 30.4 Å². The molecule has 1 heterocycles. The molecule has 1 aliphatic carbocycles. The summed E-state index contributed by atoms with van der Waals surface area (Å²) in [5, 5.41) is -1.29. The minimum Gasteiger partial charge on any atom is -0.341 e. The SMILES string of the molecule is CN(CC1CCCCC1)C(=O)c1ccc(C(c2cc(F)ccc2F)S(=O)(=O)c2ccc(Cl)cc2)nc1. The zero-order chi connectivity index (χ0) is 25.9. The summed E-state index contributed by atoms with van der Waals surface area (Å²) < 4.78 is 56.1. The fourth-order valence-corrected chi connectivity index (χ4v) is 6.59. The van der Waals surface area contributed by atoms with Gasteiger partial charge < -0.3 is 4.90 Å². The van der Waals surface area contributed by atoms with E-state index in [-0.39, 0.29) is 22.1 Å². The minimum atomic E-state index is -4.25. The fourth-order valence-electron chi connectivity index (χ4n) is 4.71. The average molecular weight is 533 g/mol. The Kier molecular flexibility index (Phi) is 8.05. The molecule has 3 aromatic rings. The van der Waals surface area contributed by atoms with E-state index >= 15 is 0 Å². The molecule has 0 saturated heterocycles. The summed E-state index contributed by atoms with van der Waals surface area (Å²) in [6.07, 6.45) is 7.05. The molecule has 36 heavy (non-hydrogen) atoms. The Bertz CT molecular complexity index is 1330. The lowest BCUT2D eigenvalue weighted by molar-refractivity contribution is 0.0760. The molecule has 9 heteroatoms. The van der Waals surface area contributed by atoms with E-state index in [2.05, 4.69) is 4.98 Å². The molecule has 2 aromatic carbocycles. The molecule has 0 aliphatic heterocycles. The zero-order valence-electron chi connectivity index (χ0n) is 19.8. The lowest BCUT2D eigenvalue weighted by atomic mass is 9.89. The number of aromatic nitrogens is 1. The van der Waals surface area contributed by atoms with Crippen LogP contribution in [0, 0.1) is 17.6 Å². The number of hydrogen-bond acceptors (Lipinski definition) is 4. The maximum Gasteiger partial charge on any atom is 0.255 e. The molecule has 0 radical (unpaired) electrons. The summed E-state index contributed by atoms with van der Waals surface area (Å²) in [4.78, 5) is 18.7. The van der Waals surface area contributed by atoms with E-state index < -0.39 is 26.7 Å². The predicted molar refractivity (Wildman–Crippen MR) is 135 cm³/mol. The first-order chi connectivity index (χ1) is 17.2. The van der Waals surface area contributed by atoms with Crippen LogP contribution in [0.25, 0.3) is 0 Å². The summed E-state index contributed by atoms with van der Waals surface area (Å²) in [7, 11) is -2.52. The number of benzene rings is 2. The van der Waals surface area contributed by atoms with Crippen molar-refractivity contribution >= 4 is 27.3 Å². The summed E-state index contributed by atoms with van der Waals surface area (Å²) in [5.74, 6) is -1.43. The van der Waals surface area contributed by atoms with Crippen molar-refractivity contribution in [3.63, 3.8) is 0 Å². The van der Waals surface area contributed by atoms with E-state index in [1.165, 1.54) is 61.9 Å². The number of rotatable bonds is 7. The number of pyridine rings is 1. The molecule has 4 rings (SSSR count). The van der Waals surface area contributed by atoms with Crippen molar-refractivity contribution in [3.05, 3.63) is 94.3 Å². The van der Waals surface area contributed by atoms with Crippen LogP contribution in [0.5, 0.6) is 0 Å². The van der Waals surface area contributed by atoms with Crippen LogP contribution in [0.3, 0.4) is 0 Å². The second kappa shape index (κ2) is 11.0. The number of nitrogens with zero attached hydrogens (tertiary/aromatic N) is 2. The predicted octanol–water partition coefficient (Wildman–Crippen LogP) is 6.23. The highest BCUT2D eigenvalue weighted by atomic mass is 35.5. The maximum atomic E-state index is 14.8. The van der Waals surface area contributed by atoms with Crippen LogP contribution in [0.15, 0.2) is 65.7 Å². The van der Waals surface area contributed by atoms with Crippen LogP contribution in [0.2, 0.25) is 5.02 Å². The van der Waals surface area contributed by atoms with Crippen molar-refractivity contribution in [1.29, 1.82) is 0 Å². The molecule has 1 fully saturated rings. The highest BCUT2D eigenvalue weighted by Gasteiger charge is 2.34. The van der Waals surface area contributed by atoms with Crippen LogP contribution in [0.1, 0.15) is 59.0 Å². The van der Waals surface area contributed by atoms with Gasteiger partial charge in [0.25, 0.3) is 5.91 Å². The molecular weight excluding hydrogens is 506 g/mol. The molecular formula is C27H27ClF2N2O3S. The third kappa shape index (κ3) is 5.76. The monoisotopic (exact) mass is 532 g/mol. The van der Waals surface area contributed by atoms with E-state index in [1.807, 2.05) is 0 Å². The lowest BCUT2D eigenvalue weighted by Gasteiger charge is -2.27. The molecule has 1 atom stereocenters. The Morgan fingerprint density at radius 3 is 2.39 bits per heavy atom. The van der Waals surface area contributed by atoms with Gasteiger partial charge in [0.15, 0.2) is 9.84 Å². The first kappa shape index (κ1) is 26.2. The summed E-state index contributed by atoms with van der Waals surface area (Å²) in [6, 6.07) is 10.9. The number of carbonyl (C=O) groups is 1. The van der Waals surface area contributed by atoms with Gasteiger partial charge in [0.1, 0.15) is 16.9 Å². The van der Waals surface area contributed by atoms with Gasteiger partial charge in [-0.2, -0.15) is 0 Å². The van der Waals surface area contributed by atoms with E-state index in [4.69, 9.17) is 11.6 Å². The van der Waals surface area contributed by atoms with Crippen LogP contribution >= 0.6 is 11.6 Å². The van der Waals surface area contributed by atoms with Gasteiger partial charge in [-0.25, -0.2) is 17.2 Å². The van der Waals surface area contributed by atoms with Gasteiger partial charge in [-0.05, 0) is 73.4 Å². The number of carbonyl (C=O) groups excluding carboxylic acids is 1. The smallest absolute Gasteiger partial charge is 0.255 e. The highest BCUT2D eigenvalue weighted by molar-refractivity contribution is 7.91. The Morgan fingerprint density at radius 2 is 1.75 bits per heavy atom. The first-order valence-corrected chi connectivity index (χ1v) is 13.7. The third-order valence-electron chi connectivity index (χ3n) is 6.60. The van der Waals surface area contributed by atoms with Crippen LogP contribution < -0.4 is 0 Å². The molecule has 190 valence electrons. The topological polar surface area (TPSA) is 67.3 Å². The van der Waals surface area contributed by atoms with Crippen molar-refractivity contribution in [2.75, 3.05) is 13.6 Å². The van der Waals surface area contributed by atoms with Crippen LogP contribution in [0.4, 0.5) is 8.78 Å². The number of halogens is 3. The van der Waals surface area contributed by atoms with Crippen molar-refractivity contribution < 1.29 is 22.0 Å². The van der Waals surface area contributed by atoms with Crippen LogP contribution in [-0.4, -0.2) is 37.8 Å². The largest absolute Gasteiger partial charge is 0.341 e. The Labute approximate surface area is 215 Å². The van der Waals surface area contributed by atoms with Crippen molar-refractivity contribution in [2.45, 2.75) is 42.2 Å². The number of hydrogen-bond donors (Lipinski definition) is 0. The van der Waals surface area contributed by atoms with Gasteiger partial charge in [-0.3, -0.25) is 9.78 Å². The molecule has 1 unspecified atom stereocenters. The van der Waals surface area contributed by atoms with E-state index in [1.54, 1.807) is 11.9 Å². The molecule has 1 aromatic heterocycles. The van der Waals surface area contributed by atoms with Gasteiger partial charge >= 0.3 is 0 Å². The van der Waals surface area contributed by atoms with Crippen molar-refractivity contribution in [2.24, 2.45) is 5.92 Å². The summed E-state index contributed by atoms with van der Waals surface area (Å²) in [5.41, 5.74) is -0.105.